The van der Waals surface area contributed by atoms with Gasteiger partial charge in [0.05, 0.1) is 6.61 Å². The average molecular weight is 176 g/mol. The molecule has 0 amide bonds. The van der Waals surface area contributed by atoms with Crippen LogP contribution in [0.25, 0.3) is 0 Å². The Kier molecular flexibility index (Phi) is 5.03. The summed E-state index contributed by atoms with van der Waals surface area (Å²) in [5.74, 6) is -0.984. The fourth-order valence-electron chi connectivity index (χ4n) is 0.569. The van der Waals surface area contributed by atoms with Crippen LogP contribution in [0.5, 0.6) is 0 Å². The Hall–Kier alpha value is -1.10. The van der Waals surface area contributed by atoms with Gasteiger partial charge in [0, 0.05) is 13.8 Å². The highest BCUT2D eigenvalue weighted by atomic mass is 16.6. The van der Waals surface area contributed by atoms with Crippen molar-refractivity contribution in [3.8, 4) is 0 Å². The molecule has 0 fully saturated rings. The van der Waals surface area contributed by atoms with Crippen molar-refractivity contribution in [3.63, 3.8) is 0 Å². The zero-order valence-electron chi connectivity index (χ0n) is 7.07. The molecule has 0 rings (SSSR count). The molecular weight excluding hydrogens is 164 g/mol. The van der Waals surface area contributed by atoms with Crippen molar-refractivity contribution in [2.75, 3.05) is 13.2 Å². The third kappa shape index (κ3) is 5.67. The highest BCUT2D eigenvalue weighted by Gasteiger charge is 2.11. The summed E-state index contributed by atoms with van der Waals surface area (Å²) in [6, 6.07) is 0. The van der Waals surface area contributed by atoms with Gasteiger partial charge in [-0.05, 0) is 0 Å². The van der Waals surface area contributed by atoms with Crippen LogP contribution >= 0.6 is 0 Å². The van der Waals surface area contributed by atoms with Crippen LogP contribution in [0.1, 0.15) is 13.8 Å². The summed E-state index contributed by atoms with van der Waals surface area (Å²) in [7, 11) is 0. The van der Waals surface area contributed by atoms with E-state index < -0.39 is 18.0 Å². The number of carbonyl (C=O) groups is 2. The second-order valence-corrected chi connectivity index (χ2v) is 2.22. The van der Waals surface area contributed by atoms with Crippen molar-refractivity contribution in [1.29, 1.82) is 0 Å². The maximum absolute atomic E-state index is 10.4. The van der Waals surface area contributed by atoms with Crippen molar-refractivity contribution in [2.24, 2.45) is 0 Å². The summed E-state index contributed by atoms with van der Waals surface area (Å²) in [5, 5.41) is 8.62. The minimum atomic E-state index is -0.758. The Morgan fingerprint density at radius 1 is 1.33 bits per heavy atom. The van der Waals surface area contributed by atoms with Gasteiger partial charge in [0.1, 0.15) is 6.61 Å². The normalized spacial score (nSPS) is 11.9. The van der Waals surface area contributed by atoms with Gasteiger partial charge in [-0.25, -0.2) is 0 Å². The van der Waals surface area contributed by atoms with Crippen LogP contribution in [0.3, 0.4) is 0 Å². The number of ether oxygens (including phenoxy) is 2. The topological polar surface area (TPSA) is 72.8 Å². The molecule has 5 nitrogen and oxygen atoms in total. The minimum absolute atomic E-state index is 0.106. The van der Waals surface area contributed by atoms with Gasteiger partial charge in [-0.1, -0.05) is 0 Å². The largest absolute Gasteiger partial charge is 0.462 e. The van der Waals surface area contributed by atoms with E-state index >= 15 is 0 Å². The van der Waals surface area contributed by atoms with Crippen LogP contribution in [0, 0.1) is 0 Å². The molecule has 0 aromatic carbocycles. The number of carbonyl (C=O) groups excluding carboxylic acids is 2. The van der Waals surface area contributed by atoms with Crippen LogP contribution in [-0.2, 0) is 19.1 Å². The molecule has 5 heteroatoms. The minimum Gasteiger partial charge on any atom is -0.462 e. The van der Waals surface area contributed by atoms with Gasteiger partial charge in [0.15, 0.2) is 6.10 Å². The fourth-order valence-corrected chi connectivity index (χ4v) is 0.569. The van der Waals surface area contributed by atoms with Crippen molar-refractivity contribution >= 4 is 11.9 Å². The molecule has 0 aromatic rings. The van der Waals surface area contributed by atoms with Crippen LogP contribution < -0.4 is 0 Å². The van der Waals surface area contributed by atoms with Gasteiger partial charge in [-0.3, -0.25) is 9.59 Å². The van der Waals surface area contributed by atoms with Gasteiger partial charge in [0.25, 0.3) is 0 Å². The Bertz CT molecular complexity index is 165. The molecule has 0 radical (unpaired) electrons. The smallest absolute Gasteiger partial charge is 0.303 e. The first kappa shape index (κ1) is 10.9. The maximum atomic E-state index is 10.4. The zero-order chi connectivity index (χ0) is 9.56. The molecule has 70 valence electrons. The number of hydrogen-bond acceptors (Lipinski definition) is 5. The summed E-state index contributed by atoms with van der Waals surface area (Å²) in [6.45, 7) is 2.00. The lowest BCUT2D eigenvalue weighted by molar-refractivity contribution is -0.158. The molecule has 0 aliphatic carbocycles. The van der Waals surface area contributed by atoms with E-state index in [1.165, 1.54) is 13.8 Å². The van der Waals surface area contributed by atoms with E-state index in [9.17, 15) is 9.59 Å². The summed E-state index contributed by atoms with van der Waals surface area (Å²) in [4.78, 5) is 20.7. The number of aliphatic hydroxyl groups is 1. The van der Waals surface area contributed by atoms with E-state index in [1.54, 1.807) is 0 Å². The van der Waals surface area contributed by atoms with Crippen molar-refractivity contribution in [2.45, 2.75) is 20.0 Å². The summed E-state index contributed by atoms with van der Waals surface area (Å²) in [5.41, 5.74) is 0. The Morgan fingerprint density at radius 2 is 1.92 bits per heavy atom. The first-order chi connectivity index (χ1) is 5.56. The molecule has 0 unspecified atom stereocenters. The molecule has 0 saturated heterocycles. The van der Waals surface area contributed by atoms with Crippen LogP contribution in [0.4, 0.5) is 0 Å². The number of aliphatic hydroxyl groups excluding tert-OH is 1. The SMILES string of the molecule is CC(=O)OC[C@@H](CO)OC(C)=O. The third-order valence-electron chi connectivity index (χ3n) is 1.01. The van der Waals surface area contributed by atoms with Gasteiger partial charge < -0.3 is 14.6 Å². The van der Waals surface area contributed by atoms with E-state index in [4.69, 9.17) is 5.11 Å². The standard InChI is InChI=1S/C7H12O5/c1-5(9)11-4-7(3-8)12-6(2)10/h7-8H,3-4H2,1-2H3/t7-/m1/s1. The molecule has 1 atom stereocenters. The monoisotopic (exact) mass is 176 g/mol. The zero-order valence-corrected chi connectivity index (χ0v) is 7.07. The summed E-state index contributed by atoms with van der Waals surface area (Å²) in [6.07, 6.45) is -0.758. The molecule has 1 N–H and O–H groups in total. The van der Waals surface area contributed by atoms with Gasteiger partial charge in [-0.2, -0.15) is 0 Å². The van der Waals surface area contributed by atoms with Crippen molar-refractivity contribution < 1.29 is 24.2 Å². The van der Waals surface area contributed by atoms with Crippen LogP contribution in [0.15, 0.2) is 0 Å². The van der Waals surface area contributed by atoms with E-state index in [2.05, 4.69) is 9.47 Å². The van der Waals surface area contributed by atoms with Gasteiger partial charge in [0.2, 0.25) is 0 Å². The number of esters is 2. The maximum Gasteiger partial charge on any atom is 0.303 e. The second-order valence-electron chi connectivity index (χ2n) is 2.22. The van der Waals surface area contributed by atoms with Gasteiger partial charge in [-0.15, -0.1) is 0 Å². The summed E-state index contributed by atoms with van der Waals surface area (Å²) < 4.78 is 9.10. The lowest BCUT2D eigenvalue weighted by Crippen LogP contribution is -2.26. The molecule has 0 aliphatic rings. The quantitative estimate of drug-likeness (QED) is 0.583. The molecular formula is C7H12O5. The Morgan fingerprint density at radius 3 is 2.25 bits per heavy atom. The second kappa shape index (κ2) is 5.54. The Labute approximate surface area is 70.3 Å². The Balaban J connectivity index is 3.67. The molecule has 0 heterocycles. The lowest BCUT2D eigenvalue weighted by Gasteiger charge is -2.13. The number of rotatable bonds is 4. The molecule has 0 aromatic heterocycles. The highest BCUT2D eigenvalue weighted by Crippen LogP contribution is 1.93. The molecule has 0 bridgehead atoms. The van der Waals surface area contributed by atoms with E-state index in [0.29, 0.717) is 0 Å². The van der Waals surface area contributed by atoms with Crippen LogP contribution in [-0.4, -0.2) is 36.4 Å². The highest BCUT2D eigenvalue weighted by molar-refractivity contribution is 5.67. The van der Waals surface area contributed by atoms with Crippen molar-refractivity contribution in [3.05, 3.63) is 0 Å². The lowest BCUT2D eigenvalue weighted by atomic mass is 10.4. The summed E-state index contributed by atoms with van der Waals surface area (Å²) >= 11 is 0. The molecule has 0 aliphatic heterocycles. The fraction of sp³-hybridized carbons (Fsp3) is 0.714. The molecule has 0 saturated carbocycles. The van der Waals surface area contributed by atoms with E-state index in [0.717, 1.165) is 0 Å². The number of hydrogen-bond donors (Lipinski definition) is 1. The van der Waals surface area contributed by atoms with E-state index in [-0.39, 0.29) is 13.2 Å². The third-order valence-corrected chi connectivity index (χ3v) is 1.01. The van der Waals surface area contributed by atoms with E-state index in [1.807, 2.05) is 0 Å². The molecule has 12 heavy (non-hydrogen) atoms. The first-order valence-corrected chi connectivity index (χ1v) is 3.47. The van der Waals surface area contributed by atoms with Crippen molar-refractivity contribution in [1.82, 2.24) is 0 Å². The van der Waals surface area contributed by atoms with Crippen LogP contribution in [0.2, 0.25) is 0 Å². The van der Waals surface area contributed by atoms with Gasteiger partial charge >= 0.3 is 11.9 Å². The predicted octanol–water partition coefficient (Wildman–Crippen LogP) is -0.527. The predicted molar refractivity (Wildman–Crippen MR) is 39.3 cm³/mol. The first-order valence-electron chi connectivity index (χ1n) is 3.47. The average Bonchev–Trinajstić information content (AvgIpc) is 1.97. The molecule has 0 spiro atoms.